The third-order valence-corrected chi connectivity index (χ3v) is 5.47. The van der Waals surface area contributed by atoms with Gasteiger partial charge in [-0.05, 0) is 49.1 Å². The van der Waals surface area contributed by atoms with E-state index in [0.29, 0.717) is 0 Å². The molecule has 2 aromatic carbocycles. The number of aryl methyl sites for hydroxylation is 1. The Morgan fingerprint density at radius 3 is 1.48 bits per heavy atom. The van der Waals surface area contributed by atoms with Crippen molar-refractivity contribution in [2.75, 3.05) is 0 Å². The first-order valence-corrected chi connectivity index (χ1v) is 11.6. The quantitative estimate of drug-likeness (QED) is 0.327. The van der Waals surface area contributed by atoms with Crippen LogP contribution in [0.1, 0.15) is 25.0 Å². The SMILES string of the molecule is Cc1ccc([I+]c2ccc(CC(C)C)cc2)cc1.F[P-](F)(F)(F)(F)F. The van der Waals surface area contributed by atoms with Gasteiger partial charge in [0.1, 0.15) is 0 Å². The van der Waals surface area contributed by atoms with E-state index in [1.54, 1.807) is 0 Å². The zero-order chi connectivity index (χ0) is 19.4. The van der Waals surface area contributed by atoms with E-state index in [1.165, 1.54) is 24.7 Å². The molecule has 2 rings (SSSR count). The Morgan fingerprint density at radius 1 is 0.760 bits per heavy atom. The molecule has 0 amide bonds. The van der Waals surface area contributed by atoms with Crippen LogP contribution in [0.15, 0.2) is 48.5 Å². The molecule has 0 bridgehead atoms. The van der Waals surface area contributed by atoms with Crippen molar-refractivity contribution in [3.05, 3.63) is 66.8 Å². The van der Waals surface area contributed by atoms with Gasteiger partial charge >= 0.3 is 54.2 Å². The van der Waals surface area contributed by atoms with E-state index in [-0.39, 0.29) is 21.2 Å². The van der Waals surface area contributed by atoms with Gasteiger partial charge in [-0.25, -0.2) is 0 Å². The fourth-order valence-corrected chi connectivity index (χ4v) is 4.03. The maximum atomic E-state index is 9.87. The van der Waals surface area contributed by atoms with Crippen LogP contribution >= 0.6 is 7.81 Å². The van der Waals surface area contributed by atoms with Gasteiger partial charge in [0.25, 0.3) is 0 Å². The van der Waals surface area contributed by atoms with Crippen molar-refractivity contribution in [2.45, 2.75) is 27.2 Å². The number of benzene rings is 2. The van der Waals surface area contributed by atoms with E-state index in [1.807, 2.05) is 0 Å². The van der Waals surface area contributed by atoms with Gasteiger partial charge in [-0.15, -0.1) is 0 Å². The Kier molecular flexibility index (Phi) is 6.60. The number of hydrogen-bond acceptors (Lipinski definition) is 0. The second-order valence-electron chi connectivity index (χ2n) is 6.07. The molecule has 25 heavy (non-hydrogen) atoms. The normalized spacial score (nSPS) is 14.3. The summed E-state index contributed by atoms with van der Waals surface area (Å²) in [6.07, 6.45) is 1.18. The van der Waals surface area contributed by atoms with E-state index in [9.17, 15) is 25.2 Å². The van der Waals surface area contributed by atoms with Gasteiger partial charge in [0, 0.05) is 0 Å². The molecule has 0 N–H and O–H groups in total. The predicted octanol–water partition coefficient (Wildman–Crippen LogP) is 4.70. The molecule has 8 heteroatoms. The monoisotopic (exact) mass is 496 g/mol. The van der Waals surface area contributed by atoms with Gasteiger partial charge in [-0.2, -0.15) is 0 Å². The minimum absolute atomic E-state index is 0.0179. The summed E-state index contributed by atoms with van der Waals surface area (Å²) in [4.78, 5) is 0. The summed E-state index contributed by atoms with van der Waals surface area (Å²) in [7, 11) is -10.7. The van der Waals surface area contributed by atoms with Gasteiger partial charge in [0.15, 0.2) is 7.14 Å². The first kappa shape index (κ1) is 22.2. The molecular formula is C17H20F6IP. The van der Waals surface area contributed by atoms with Crippen LogP contribution < -0.4 is 21.2 Å². The second-order valence-corrected chi connectivity index (χ2v) is 11.0. The van der Waals surface area contributed by atoms with Gasteiger partial charge in [-0.3, -0.25) is 0 Å². The van der Waals surface area contributed by atoms with Gasteiger partial charge < -0.3 is 0 Å². The van der Waals surface area contributed by atoms with Crippen LogP contribution in [0.5, 0.6) is 0 Å². The van der Waals surface area contributed by atoms with Crippen LogP contribution in [0, 0.1) is 20.0 Å². The molecule has 0 unspecified atom stereocenters. The van der Waals surface area contributed by atoms with Crippen LogP contribution in [0.25, 0.3) is 0 Å². The Labute approximate surface area is 154 Å². The topological polar surface area (TPSA) is 0 Å². The van der Waals surface area contributed by atoms with Crippen LogP contribution in [0.2, 0.25) is 0 Å². The molecule has 2 aromatic rings. The van der Waals surface area contributed by atoms with E-state index in [2.05, 4.69) is 69.3 Å². The Hall–Kier alpha value is -0.820. The van der Waals surface area contributed by atoms with Crippen LogP contribution in [0.4, 0.5) is 25.2 Å². The summed E-state index contributed by atoms with van der Waals surface area (Å²) in [5.41, 5.74) is 2.80. The molecule has 0 nitrogen and oxygen atoms in total. The Bertz CT molecular complexity index is 664. The van der Waals surface area contributed by atoms with Crippen molar-refractivity contribution in [1.82, 2.24) is 0 Å². The van der Waals surface area contributed by atoms with Crippen molar-refractivity contribution >= 4 is 7.81 Å². The molecule has 0 atom stereocenters. The molecule has 0 aliphatic heterocycles. The molecule has 0 radical (unpaired) electrons. The van der Waals surface area contributed by atoms with Gasteiger partial charge in [-0.1, -0.05) is 43.7 Å². The van der Waals surface area contributed by atoms with E-state index < -0.39 is 7.81 Å². The van der Waals surface area contributed by atoms with Crippen LogP contribution in [0.3, 0.4) is 0 Å². The summed E-state index contributed by atoms with van der Waals surface area (Å²) < 4.78 is 62.2. The Balaban J connectivity index is 0.000000381. The van der Waals surface area contributed by atoms with Gasteiger partial charge in [0.05, 0.1) is 0 Å². The Morgan fingerprint density at radius 2 is 1.12 bits per heavy atom. The molecule has 142 valence electrons. The number of rotatable bonds is 4. The molecule has 0 heterocycles. The fraction of sp³-hybridized carbons (Fsp3) is 0.294. The average molecular weight is 496 g/mol. The molecule has 0 fully saturated rings. The first-order chi connectivity index (χ1) is 11.1. The molecule has 0 saturated carbocycles. The zero-order valence-electron chi connectivity index (χ0n) is 14.0. The second kappa shape index (κ2) is 7.43. The maximum absolute atomic E-state index is 10.7. The molecule has 0 aromatic heterocycles. The van der Waals surface area contributed by atoms with E-state index >= 15 is 0 Å². The standard InChI is InChI=1S/C17H20I.F6P/c1-13(2)12-15-6-10-17(11-7-15)18-16-8-4-14(3)5-9-16;1-7(2,3,4,5)6/h4-11,13H,12H2,1-3H3;/q+1;-1. The average Bonchev–Trinajstić information content (AvgIpc) is 2.39. The summed E-state index contributed by atoms with van der Waals surface area (Å²) in [6.45, 7) is 6.68. The summed E-state index contributed by atoms with van der Waals surface area (Å²) >= 11 is -0.0179. The van der Waals surface area contributed by atoms with Crippen LogP contribution in [-0.2, 0) is 6.42 Å². The van der Waals surface area contributed by atoms with Crippen molar-refractivity contribution < 1.29 is 46.4 Å². The van der Waals surface area contributed by atoms with Gasteiger partial charge in [0.2, 0.25) is 0 Å². The fourth-order valence-electron chi connectivity index (χ4n) is 1.88. The van der Waals surface area contributed by atoms with Crippen LogP contribution in [-0.4, -0.2) is 0 Å². The summed E-state index contributed by atoms with van der Waals surface area (Å²) in [5.74, 6) is 0.739. The number of hydrogen-bond donors (Lipinski definition) is 0. The van der Waals surface area contributed by atoms with E-state index in [0.717, 1.165) is 5.92 Å². The third-order valence-electron chi connectivity index (χ3n) is 2.79. The third kappa shape index (κ3) is 14.1. The predicted molar refractivity (Wildman–Crippen MR) is 87.1 cm³/mol. The summed E-state index contributed by atoms with van der Waals surface area (Å²) in [6, 6.07) is 18.2. The summed E-state index contributed by atoms with van der Waals surface area (Å²) in [5, 5.41) is 0. The van der Waals surface area contributed by atoms with Crippen molar-refractivity contribution in [3.63, 3.8) is 0 Å². The molecule has 0 aliphatic carbocycles. The van der Waals surface area contributed by atoms with Crippen molar-refractivity contribution in [1.29, 1.82) is 0 Å². The van der Waals surface area contributed by atoms with Crippen molar-refractivity contribution in [3.8, 4) is 0 Å². The van der Waals surface area contributed by atoms with Crippen molar-refractivity contribution in [2.24, 2.45) is 5.92 Å². The molecular weight excluding hydrogens is 476 g/mol. The number of halogens is 7. The molecule has 0 aliphatic rings. The molecule has 0 saturated heterocycles. The zero-order valence-corrected chi connectivity index (χ0v) is 17.0. The first-order valence-electron chi connectivity index (χ1n) is 7.45. The minimum atomic E-state index is -10.7. The molecule has 0 spiro atoms. The van der Waals surface area contributed by atoms with E-state index in [4.69, 9.17) is 0 Å².